The molecule has 0 N–H and O–H groups in total. The topological polar surface area (TPSA) is 71.1 Å². The van der Waals surface area contributed by atoms with E-state index in [2.05, 4.69) is 0 Å². The summed E-state index contributed by atoms with van der Waals surface area (Å²) in [6.45, 7) is 0. The molecular weight excluding hydrogens is 312 g/mol. The third-order valence-electron chi connectivity index (χ3n) is 3.55. The number of benzene rings is 2. The third-order valence-corrected chi connectivity index (χ3v) is 3.55. The van der Waals surface area contributed by atoms with Crippen molar-refractivity contribution in [2.24, 2.45) is 0 Å². The fourth-order valence-corrected chi connectivity index (χ4v) is 2.48. The zero-order valence-electron chi connectivity index (χ0n) is 13.9. The Bertz CT molecular complexity index is 701. The van der Waals surface area contributed by atoms with E-state index in [-0.39, 0.29) is 11.1 Å². The second-order valence-corrected chi connectivity index (χ2v) is 4.75. The standard InChI is InChI=1S/C18H18O6/c1-21-13-9-5-7-11(17(19)23-3)15(13)16-12(18(20)24-4)8-6-10-14(16)22-2/h5-10H,1-4H3. The molecule has 6 nitrogen and oxygen atoms in total. The summed E-state index contributed by atoms with van der Waals surface area (Å²) in [5.41, 5.74) is 1.33. The van der Waals surface area contributed by atoms with Gasteiger partial charge < -0.3 is 18.9 Å². The van der Waals surface area contributed by atoms with Crippen LogP contribution < -0.4 is 9.47 Å². The molecule has 24 heavy (non-hydrogen) atoms. The van der Waals surface area contributed by atoms with Crippen LogP contribution in [0.25, 0.3) is 11.1 Å². The van der Waals surface area contributed by atoms with Gasteiger partial charge in [-0.2, -0.15) is 0 Å². The first-order valence-corrected chi connectivity index (χ1v) is 7.10. The molecule has 6 heteroatoms. The Hall–Kier alpha value is -3.02. The van der Waals surface area contributed by atoms with Crippen LogP contribution >= 0.6 is 0 Å². The monoisotopic (exact) mass is 330 g/mol. The lowest BCUT2D eigenvalue weighted by Crippen LogP contribution is -2.09. The van der Waals surface area contributed by atoms with Crippen LogP contribution in [0.15, 0.2) is 36.4 Å². The number of carbonyl (C=O) groups is 2. The van der Waals surface area contributed by atoms with E-state index in [4.69, 9.17) is 18.9 Å². The molecule has 0 bridgehead atoms. The van der Waals surface area contributed by atoms with Crippen LogP contribution in [0.2, 0.25) is 0 Å². The zero-order chi connectivity index (χ0) is 17.7. The van der Waals surface area contributed by atoms with Gasteiger partial charge >= 0.3 is 11.9 Å². The number of rotatable bonds is 5. The summed E-state index contributed by atoms with van der Waals surface area (Å²) in [6, 6.07) is 9.91. The summed E-state index contributed by atoms with van der Waals surface area (Å²) in [6.07, 6.45) is 0. The van der Waals surface area contributed by atoms with Crippen molar-refractivity contribution < 1.29 is 28.5 Å². The Balaban J connectivity index is 2.90. The Kier molecular flexibility index (Phi) is 5.42. The molecular formula is C18H18O6. The third kappa shape index (κ3) is 3.03. The second kappa shape index (κ2) is 7.50. The van der Waals surface area contributed by atoms with Crippen molar-refractivity contribution in [1.29, 1.82) is 0 Å². The molecule has 126 valence electrons. The molecule has 2 aromatic carbocycles. The molecule has 2 aromatic rings. The van der Waals surface area contributed by atoms with Crippen molar-refractivity contribution in [3.63, 3.8) is 0 Å². The number of hydrogen-bond acceptors (Lipinski definition) is 6. The molecule has 0 amide bonds. The van der Waals surface area contributed by atoms with Gasteiger partial charge in [0.1, 0.15) is 11.5 Å². The predicted molar refractivity (Wildman–Crippen MR) is 87.7 cm³/mol. The molecule has 0 atom stereocenters. The smallest absolute Gasteiger partial charge is 0.338 e. The van der Waals surface area contributed by atoms with E-state index in [1.165, 1.54) is 28.4 Å². The molecule has 0 aliphatic heterocycles. The first-order valence-electron chi connectivity index (χ1n) is 7.10. The molecule has 0 spiro atoms. The first-order chi connectivity index (χ1) is 11.6. The maximum Gasteiger partial charge on any atom is 0.338 e. The van der Waals surface area contributed by atoms with Crippen LogP contribution in [0.1, 0.15) is 20.7 Å². The van der Waals surface area contributed by atoms with Gasteiger partial charge in [-0.3, -0.25) is 0 Å². The number of esters is 2. The number of carbonyl (C=O) groups excluding carboxylic acids is 2. The van der Waals surface area contributed by atoms with Crippen molar-refractivity contribution in [1.82, 2.24) is 0 Å². The van der Waals surface area contributed by atoms with Gasteiger partial charge in [-0.1, -0.05) is 12.1 Å². The zero-order valence-corrected chi connectivity index (χ0v) is 13.9. The van der Waals surface area contributed by atoms with Gasteiger partial charge in [0.15, 0.2) is 0 Å². The molecule has 2 rings (SSSR count). The van der Waals surface area contributed by atoms with E-state index in [0.29, 0.717) is 22.6 Å². The molecule has 0 aliphatic rings. The second-order valence-electron chi connectivity index (χ2n) is 4.75. The average molecular weight is 330 g/mol. The summed E-state index contributed by atoms with van der Waals surface area (Å²) in [5, 5.41) is 0. The fraction of sp³-hybridized carbons (Fsp3) is 0.222. The molecule has 0 saturated carbocycles. The van der Waals surface area contributed by atoms with Crippen LogP contribution in [-0.4, -0.2) is 40.4 Å². The Morgan fingerprint density at radius 2 is 1.04 bits per heavy atom. The molecule has 0 aromatic heterocycles. The normalized spacial score (nSPS) is 10.0. The van der Waals surface area contributed by atoms with E-state index in [0.717, 1.165) is 0 Å². The van der Waals surface area contributed by atoms with Crippen molar-refractivity contribution in [3.05, 3.63) is 47.5 Å². The minimum atomic E-state index is -0.550. The molecule has 0 fully saturated rings. The Morgan fingerprint density at radius 3 is 1.33 bits per heavy atom. The van der Waals surface area contributed by atoms with E-state index in [9.17, 15) is 9.59 Å². The summed E-state index contributed by atoms with van der Waals surface area (Å²) in [7, 11) is 5.53. The number of ether oxygens (including phenoxy) is 4. The highest BCUT2D eigenvalue weighted by atomic mass is 16.5. The quantitative estimate of drug-likeness (QED) is 0.785. The van der Waals surface area contributed by atoms with Crippen LogP contribution in [0.4, 0.5) is 0 Å². The van der Waals surface area contributed by atoms with Gasteiger partial charge in [0.25, 0.3) is 0 Å². The largest absolute Gasteiger partial charge is 0.496 e. The van der Waals surface area contributed by atoms with Crippen molar-refractivity contribution in [2.45, 2.75) is 0 Å². The first kappa shape index (κ1) is 17.3. The predicted octanol–water partition coefficient (Wildman–Crippen LogP) is 2.94. The van der Waals surface area contributed by atoms with Gasteiger partial charge in [0.05, 0.1) is 39.6 Å². The lowest BCUT2D eigenvalue weighted by atomic mass is 9.93. The van der Waals surface area contributed by atoms with Gasteiger partial charge in [-0.15, -0.1) is 0 Å². The van der Waals surface area contributed by atoms with Crippen molar-refractivity contribution in [2.75, 3.05) is 28.4 Å². The summed E-state index contributed by atoms with van der Waals surface area (Å²) in [5.74, 6) is -0.281. The number of methoxy groups -OCH3 is 4. The van der Waals surface area contributed by atoms with Gasteiger partial charge in [-0.05, 0) is 24.3 Å². The summed E-state index contributed by atoms with van der Waals surface area (Å²) >= 11 is 0. The molecule has 0 aliphatic carbocycles. The molecule has 0 saturated heterocycles. The highest BCUT2D eigenvalue weighted by Crippen LogP contribution is 2.41. The maximum absolute atomic E-state index is 12.2. The minimum Gasteiger partial charge on any atom is -0.496 e. The molecule has 0 heterocycles. The Morgan fingerprint density at radius 1 is 0.667 bits per heavy atom. The van der Waals surface area contributed by atoms with Gasteiger partial charge in [-0.25, -0.2) is 9.59 Å². The Labute approximate surface area is 139 Å². The number of hydrogen-bond donors (Lipinski definition) is 0. The maximum atomic E-state index is 12.2. The minimum absolute atomic E-state index is 0.256. The van der Waals surface area contributed by atoms with Crippen molar-refractivity contribution >= 4 is 11.9 Å². The molecule has 0 unspecified atom stereocenters. The summed E-state index contributed by atoms with van der Waals surface area (Å²) < 4.78 is 20.5. The fourth-order valence-electron chi connectivity index (χ4n) is 2.48. The van der Waals surface area contributed by atoms with E-state index < -0.39 is 11.9 Å². The SMILES string of the molecule is COC(=O)c1cccc(OC)c1-c1c(OC)cccc1C(=O)OC. The van der Waals surface area contributed by atoms with Crippen LogP contribution in [-0.2, 0) is 9.47 Å². The van der Waals surface area contributed by atoms with E-state index in [1.807, 2.05) is 0 Å². The average Bonchev–Trinajstić information content (AvgIpc) is 2.65. The highest BCUT2D eigenvalue weighted by Gasteiger charge is 2.25. The van der Waals surface area contributed by atoms with E-state index in [1.54, 1.807) is 36.4 Å². The highest BCUT2D eigenvalue weighted by molar-refractivity contribution is 6.06. The van der Waals surface area contributed by atoms with Crippen LogP contribution in [0.3, 0.4) is 0 Å². The van der Waals surface area contributed by atoms with Crippen LogP contribution in [0.5, 0.6) is 11.5 Å². The lowest BCUT2D eigenvalue weighted by Gasteiger charge is -2.18. The van der Waals surface area contributed by atoms with Gasteiger partial charge in [0, 0.05) is 11.1 Å². The molecule has 0 radical (unpaired) electrons. The van der Waals surface area contributed by atoms with Gasteiger partial charge in [0.2, 0.25) is 0 Å². The van der Waals surface area contributed by atoms with Crippen molar-refractivity contribution in [3.8, 4) is 22.6 Å². The summed E-state index contributed by atoms with van der Waals surface area (Å²) in [4.78, 5) is 24.4. The van der Waals surface area contributed by atoms with E-state index >= 15 is 0 Å². The van der Waals surface area contributed by atoms with Crippen LogP contribution in [0, 0.1) is 0 Å². The lowest BCUT2D eigenvalue weighted by molar-refractivity contribution is 0.0589.